The van der Waals surface area contributed by atoms with Crippen LogP contribution in [0.3, 0.4) is 0 Å². The average molecular weight is 765 g/mol. The number of nitrogens with zero attached hydrogens (tertiary/aromatic N) is 2. The maximum absolute atomic E-state index is 2.43. The number of hydrogen-bond donors (Lipinski definition) is 0. The predicted molar refractivity (Wildman–Crippen MR) is 255 cm³/mol. The summed E-state index contributed by atoms with van der Waals surface area (Å²) in [5.41, 5.74) is 16.2. The lowest BCUT2D eigenvalue weighted by Crippen LogP contribution is -2.10. The molecule has 1 heterocycles. The molecule has 0 N–H and O–H groups in total. The molecule has 282 valence electrons. The Bertz CT molecular complexity index is 3240. The van der Waals surface area contributed by atoms with Crippen molar-refractivity contribution >= 4 is 49.6 Å². The maximum Gasteiger partial charge on any atom is 0.0553 e. The molecule has 11 aromatic rings. The standard InChI is InChI=1S/C58H40N2/c1-5-19-41(20-6-1)44-26-17-30-50(36-44)59(52-38-47(42-21-7-2-8-22-42)35-48(39-52)43-23-9-3-10-24-43)51-31-18-27-46(37-51)57-53-32-14-13-25-45(53)40-56-58(57)54-33-15-16-34-55(54)60(56)49-28-11-4-12-29-49/h1-40H. The summed E-state index contributed by atoms with van der Waals surface area (Å²) in [5, 5.41) is 4.92. The van der Waals surface area contributed by atoms with Gasteiger partial charge in [0.25, 0.3) is 0 Å². The molecule has 0 bridgehead atoms. The number of aromatic nitrogens is 1. The molecule has 11 rings (SSSR count). The Labute approximate surface area is 350 Å². The fourth-order valence-electron chi connectivity index (χ4n) is 8.98. The largest absolute Gasteiger partial charge is 0.310 e. The van der Waals surface area contributed by atoms with Gasteiger partial charge in [0.1, 0.15) is 0 Å². The molecule has 0 aliphatic heterocycles. The lowest BCUT2D eigenvalue weighted by atomic mass is 9.92. The summed E-state index contributed by atoms with van der Waals surface area (Å²) < 4.78 is 2.42. The van der Waals surface area contributed by atoms with Gasteiger partial charge < -0.3 is 9.47 Å². The Morgan fingerprint density at radius 3 is 1.38 bits per heavy atom. The second-order valence-corrected chi connectivity index (χ2v) is 15.4. The van der Waals surface area contributed by atoms with E-state index in [-0.39, 0.29) is 0 Å². The fraction of sp³-hybridized carbons (Fsp3) is 0. The van der Waals surface area contributed by atoms with Crippen molar-refractivity contribution < 1.29 is 0 Å². The van der Waals surface area contributed by atoms with Crippen LogP contribution in [0.4, 0.5) is 17.1 Å². The third kappa shape index (κ3) is 6.32. The Morgan fingerprint density at radius 1 is 0.283 bits per heavy atom. The summed E-state index contributed by atoms with van der Waals surface area (Å²) in [5.74, 6) is 0. The van der Waals surface area contributed by atoms with Crippen molar-refractivity contribution in [2.75, 3.05) is 4.90 Å². The van der Waals surface area contributed by atoms with Crippen molar-refractivity contribution in [3.8, 4) is 50.2 Å². The fourth-order valence-corrected chi connectivity index (χ4v) is 8.98. The highest BCUT2D eigenvalue weighted by atomic mass is 15.1. The van der Waals surface area contributed by atoms with Gasteiger partial charge >= 0.3 is 0 Å². The van der Waals surface area contributed by atoms with Crippen molar-refractivity contribution in [1.29, 1.82) is 0 Å². The van der Waals surface area contributed by atoms with Gasteiger partial charge in [-0.3, -0.25) is 0 Å². The van der Waals surface area contributed by atoms with E-state index in [1.807, 2.05) is 0 Å². The first-order chi connectivity index (χ1) is 29.8. The van der Waals surface area contributed by atoms with Crippen molar-refractivity contribution in [3.05, 3.63) is 243 Å². The molecular formula is C58H40N2. The van der Waals surface area contributed by atoms with Crippen molar-refractivity contribution in [1.82, 2.24) is 4.57 Å². The van der Waals surface area contributed by atoms with Crippen molar-refractivity contribution in [2.45, 2.75) is 0 Å². The van der Waals surface area contributed by atoms with Crippen LogP contribution in [0.15, 0.2) is 243 Å². The highest BCUT2D eigenvalue weighted by Gasteiger charge is 2.22. The normalized spacial score (nSPS) is 11.3. The molecule has 0 saturated carbocycles. The molecule has 2 heteroatoms. The van der Waals surface area contributed by atoms with E-state index in [0.29, 0.717) is 0 Å². The molecular weight excluding hydrogens is 725 g/mol. The summed E-state index contributed by atoms with van der Waals surface area (Å²) in [6.07, 6.45) is 0. The molecule has 0 amide bonds. The SMILES string of the molecule is c1ccc(-c2cccc(N(c3cc(-c4ccccc4)cc(-c4ccccc4)c3)c3cccc(-c4c5ccccc5cc5c4c4ccccc4n5-c4ccccc4)c3)c2)cc1. The van der Waals surface area contributed by atoms with Crippen LogP contribution in [0.1, 0.15) is 0 Å². The van der Waals surface area contributed by atoms with Crippen LogP contribution in [0.2, 0.25) is 0 Å². The number of rotatable bonds is 8. The lowest BCUT2D eigenvalue weighted by molar-refractivity contribution is 1.18. The molecule has 0 saturated heterocycles. The molecule has 0 unspecified atom stereocenters. The molecule has 2 nitrogen and oxygen atoms in total. The van der Waals surface area contributed by atoms with Crippen LogP contribution >= 0.6 is 0 Å². The first-order valence-corrected chi connectivity index (χ1v) is 20.6. The van der Waals surface area contributed by atoms with Gasteiger partial charge in [0.2, 0.25) is 0 Å². The Balaban J connectivity index is 1.19. The first kappa shape index (κ1) is 35.2. The molecule has 0 atom stereocenters. The van der Waals surface area contributed by atoms with Gasteiger partial charge in [-0.05, 0) is 122 Å². The molecule has 60 heavy (non-hydrogen) atoms. The summed E-state index contributed by atoms with van der Waals surface area (Å²) in [6.45, 7) is 0. The molecule has 1 aromatic heterocycles. The van der Waals surface area contributed by atoms with E-state index < -0.39 is 0 Å². The highest BCUT2D eigenvalue weighted by molar-refractivity contribution is 6.23. The lowest BCUT2D eigenvalue weighted by Gasteiger charge is -2.28. The van der Waals surface area contributed by atoms with E-state index in [2.05, 4.69) is 252 Å². The van der Waals surface area contributed by atoms with Crippen LogP contribution in [0.25, 0.3) is 82.8 Å². The summed E-state index contributed by atoms with van der Waals surface area (Å²) in [7, 11) is 0. The Morgan fingerprint density at radius 2 is 0.750 bits per heavy atom. The van der Waals surface area contributed by atoms with E-state index in [0.717, 1.165) is 39.4 Å². The van der Waals surface area contributed by atoms with Gasteiger partial charge in [-0.15, -0.1) is 0 Å². The predicted octanol–water partition coefficient (Wildman–Crippen LogP) is 16.1. The zero-order valence-corrected chi connectivity index (χ0v) is 33.0. The number of fused-ring (bicyclic) bond motifs is 4. The Kier molecular flexibility index (Phi) is 8.87. The van der Waals surface area contributed by atoms with Gasteiger partial charge in [-0.25, -0.2) is 0 Å². The van der Waals surface area contributed by atoms with E-state index in [4.69, 9.17) is 0 Å². The minimum absolute atomic E-state index is 1.08. The van der Waals surface area contributed by atoms with Crippen LogP contribution in [-0.2, 0) is 0 Å². The molecule has 0 aliphatic rings. The Hall–Kier alpha value is -7.94. The monoisotopic (exact) mass is 764 g/mol. The number of anilines is 3. The zero-order valence-electron chi connectivity index (χ0n) is 33.0. The molecule has 10 aromatic carbocycles. The quantitative estimate of drug-likeness (QED) is 0.150. The van der Waals surface area contributed by atoms with Crippen molar-refractivity contribution in [2.24, 2.45) is 0 Å². The van der Waals surface area contributed by atoms with Crippen LogP contribution in [0.5, 0.6) is 0 Å². The van der Waals surface area contributed by atoms with Crippen molar-refractivity contribution in [3.63, 3.8) is 0 Å². The molecule has 0 spiro atoms. The van der Waals surface area contributed by atoms with Crippen LogP contribution < -0.4 is 4.90 Å². The van der Waals surface area contributed by atoms with Gasteiger partial charge in [0, 0.05) is 33.5 Å². The summed E-state index contributed by atoms with van der Waals surface area (Å²) >= 11 is 0. The minimum atomic E-state index is 1.08. The van der Waals surface area contributed by atoms with E-state index >= 15 is 0 Å². The maximum atomic E-state index is 2.43. The first-order valence-electron chi connectivity index (χ1n) is 20.6. The summed E-state index contributed by atoms with van der Waals surface area (Å²) in [6, 6.07) is 88.0. The molecule has 0 radical (unpaired) electrons. The number of hydrogen-bond acceptors (Lipinski definition) is 1. The highest BCUT2D eigenvalue weighted by Crippen LogP contribution is 2.46. The van der Waals surface area contributed by atoms with Gasteiger partial charge in [-0.1, -0.05) is 176 Å². The zero-order chi connectivity index (χ0) is 39.8. The van der Waals surface area contributed by atoms with E-state index in [9.17, 15) is 0 Å². The second kappa shape index (κ2) is 15.1. The van der Waals surface area contributed by atoms with Gasteiger partial charge in [0.05, 0.1) is 11.0 Å². The van der Waals surface area contributed by atoms with Gasteiger partial charge in [-0.2, -0.15) is 0 Å². The number of para-hydroxylation sites is 2. The third-order valence-electron chi connectivity index (χ3n) is 11.7. The smallest absolute Gasteiger partial charge is 0.0553 e. The van der Waals surface area contributed by atoms with Crippen LogP contribution in [0, 0.1) is 0 Å². The third-order valence-corrected chi connectivity index (χ3v) is 11.7. The number of benzene rings is 10. The van der Waals surface area contributed by atoms with E-state index in [1.54, 1.807) is 0 Å². The van der Waals surface area contributed by atoms with Gasteiger partial charge in [0.15, 0.2) is 0 Å². The average Bonchev–Trinajstić information content (AvgIpc) is 3.65. The minimum Gasteiger partial charge on any atom is -0.310 e. The molecule has 0 aliphatic carbocycles. The summed E-state index contributed by atoms with van der Waals surface area (Å²) in [4.78, 5) is 2.43. The van der Waals surface area contributed by atoms with E-state index in [1.165, 1.54) is 60.4 Å². The second-order valence-electron chi connectivity index (χ2n) is 15.4. The van der Waals surface area contributed by atoms with Crippen LogP contribution in [-0.4, -0.2) is 4.57 Å². The topological polar surface area (TPSA) is 8.17 Å². The molecule has 0 fully saturated rings.